The number of carboxylic acid groups (broad SMARTS) is 1. The molecular formula is C12H18O5Si. The standard InChI is InChI=1S/C12H18O5Si/c1-15-18(3,16-2)9-10-4-6-11(7-5-10)17-8-12(13)14/h4-7H,8-9H2,1-3H3,(H,13,14). The van der Waals surface area contributed by atoms with Gasteiger partial charge in [0.1, 0.15) is 5.75 Å². The minimum Gasteiger partial charge on any atom is -0.482 e. The number of benzene rings is 1. The van der Waals surface area contributed by atoms with Crippen molar-refractivity contribution in [2.75, 3.05) is 20.8 Å². The largest absolute Gasteiger partial charge is 0.482 e. The van der Waals surface area contributed by atoms with Crippen LogP contribution in [0.25, 0.3) is 0 Å². The van der Waals surface area contributed by atoms with Crippen LogP contribution >= 0.6 is 0 Å². The second-order valence-electron chi connectivity index (χ2n) is 4.05. The number of carbonyl (C=O) groups is 1. The van der Waals surface area contributed by atoms with E-state index in [0.29, 0.717) is 5.75 Å². The molecule has 0 saturated carbocycles. The van der Waals surface area contributed by atoms with Gasteiger partial charge in [0, 0.05) is 20.3 Å². The Kier molecular flexibility index (Phi) is 5.33. The number of hydrogen-bond acceptors (Lipinski definition) is 4. The lowest BCUT2D eigenvalue weighted by atomic mass is 10.2. The van der Waals surface area contributed by atoms with Crippen LogP contribution in [0.3, 0.4) is 0 Å². The quantitative estimate of drug-likeness (QED) is 0.762. The summed E-state index contributed by atoms with van der Waals surface area (Å²) in [6.45, 7) is 1.66. The summed E-state index contributed by atoms with van der Waals surface area (Å²) in [7, 11) is 1.18. The summed E-state index contributed by atoms with van der Waals surface area (Å²) in [6, 6.07) is 8.01. The van der Waals surface area contributed by atoms with E-state index in [0.717, 1.165) is 11.6 Å². The fourth-order valence-electron chi connectivity index (χ4n) is 1.45. The van der Waals surface area contributed by atoms with Crippen molar-refractivity contribution in [1.29, 1.82) is 0 Å². The lowest BCUT2D eigenvalue weighted by Gasteiger charge is -2.22. The molecule has 5 nitrogen and oxygen atoms in total. The monoisotopic (exact) mass is 270 g/mol. The molecule has 0 aliphatic heterocycles. The second kappa shape index (κ2) is 6.53. The van der Waals surface area contributed by atoms with Gasteiger partial charge in [-0.3, -0.25) is 0 Å². The molecule has 0 bridgehead atoms. The van der Waals surface area contributed by atoms with Gasteiger partial charge in [0.15, 0.2) is 6.61 Å². The molecule has 1 rings (SSSR count). The van der Waals surface area contributed by atoms with Crippen molar-refractivity contribution in [2.45, 2.75) is 12.6 Å². The van der Waals surface area contributed by atoms with Crippen molar-refractivity contribution in [2.24, 2.45) is 0 Å². The number of carboxylic acids is 1. The minimum absolute atomic E-state index is 0.331. The minimum atomic E-state index is -2.13. The molecule has 1 N–H and O–H groups in total. The van der Waals surface area contributed by atoms with Crippen LogP contribution in [0.2, 0.25) is 6.55 Å². The van der Waals surface area contributed by atoms with E-state index >= 15 is 0 Å². The van der Waals surface area contributed by atoms with E-state index in [1.54, 1.807) is 26.4 Å². The van der Waals surface area contributed by atoms with Gasteiger partial charge in [-0.1, -0.05) is 12.1 Å². The third-order valence-corrected chi connectivity index (χ3v) is 5.45. The van der Waals surface area contributed by atoms with E-state index < -0.39 is 14.5 Å². The highest BCUT2D eigenvalue weighted by Gasteiger charge is 2.28. The summed E-state index contributed by atoms with van der Waals surface area (Å²) >= 11 is 0. The maximum atomic E-state index is 10.4. The fourth-order valence-corrected chi connectivity index (χ4v) is 2.88. The fraction of sp³-hybridized carbons (Fsp3) is 0.417. The van der Waals surface area contributed by atoms with E-state index in [2.05, 4.69) is 0 Å². The molecule has 0 amide bonds. The zero-order valence-electron chi connectivity index (χ0n) is 10.8. The molecule has 0 saturated heterocycles. The number of aliphatic carboxylic acids is 1. The molecule has 0 aromatic heterocycles. The molecule has 100 valence electrons. The molecule has 0 spiro atoms. The molecule has 0 unspecified atom stereocenters. The van der Waals surface area contributed by atoms with Crippen LogP contribution in [0.1, 0.15) is 5.56 Å². The molecule has 1 aromatic rings. The van der Waals surface area contributed by atoms with E-state index in [4.69, 9.17) is 18.7 Å². The maximum absolute atomic E-state index is 10.4. The zero-order chi connectivity index (χ0) is 13.6. The lowest BCUT2D eigenvalue weighted by molar-refractivity contribution is -0.139. The van der Waals surface area contributed by atoms with Gasteiger partial charge in [0.25, 0.3) is 0 Å². The Labute approximate surface area is 108 Å². The van der Waals surface area contributed by atoms with Crippen LogP contribution in [0.5, 0.6) is 5.75 Å². The van der Waals surface area contributed by atoms with Crippen LogP contribution in [0.4, 0.5) is 0 Å². The van der Waals surface area contributed by atoms with E-state index in [9.17, 15) is 4.79 Å². The van der Waals surface area contributed by atoms with Crippen molar-refractivity contribution in [1.82, 2.24) is 0 Å². The Morgan fingerprint density at radius 3 is 2.22 bits per heavy atom. The summed E-state index contributed by atoms with van der Waals surface area (Å²) in [5, 5.41) is 8.49. The highest BCUT2D eigenvalue weighted by Crippen LogP contribution is 2.17. The van der Waals surface area contributed by atoms with Crippen molar-refractivity contribution >= 4 is 14.5 Å². The van der Waals surface area contributed by atoms with E-state index in [1.165, 1.54) is 0 Å². The van der Waals surface area contributed by atoms with Crippen molar-refractivity contribution in [3.8, 4) is 5.75 Å². The Bertz CT molecular complexity index is 386. The van der Waals surface area contributed by atoms with Crippen LogP contribution in [0, 0.1) is 0 Å². The number of ether oxygens (including phenoxy) is 1. The Balaban J connectivity index is 2.62. The summed E-state index contributed by atoms with van der Waals surface area (Å²) in [4.78, 5) is 10.4. The molecule has 0 heterocycles. The lowest BCUT2D eigenvalue weighted by Crippen LogP contribution is -2.39. The maximum Gasteiger partial charge on any atom is 0.341 e. The molecular weight excluding hydrogens is 252 g/mol. The topological polar surface area (TPSA) is 65.0 Å². The van der Waals surface area contributed by atoms with Gasteiger partial charge in [0.2, 0.25) is 0 Å². The van der Waals surface area contributed by atoms with Crippen molar-refractivity contribution in [3.63, 3.8) is 0 Å². The average molecular weight is 270 g/mol. The molecule has 0 aliphatic rings. The molecule has 0 fully saturated rings. The highest BCUT2D eigenvalue weighted by molar-refractivity contribution is 6.65. The number of rotatable bonds is 7. The van der Waals surface area contributed by atoms with Gasteiger partial charge < -0.3 is 18.7 Å². The third kappa shape index (κ3) is 4.48. The van der Waals surface area contributed by atoms with Gasteiger partial charge in [-0.15, -0.1) is 0 Å². The first-order chi connectivity index (χ1) is 8.49. The van der Waals surface area contributed by atoms with Crippen LogP contribution in [-0.4, -0.2) is 40.5 Å². The molecule has 0 aliphatic carbocycles. The summed E-state index contributed by atoms with van der Waals surface area (Å²) in [5.41, 5.74) is 1.08. The van der Waals surface area contributed by atoms with Crippen LogP contribution < -0.4 is 4.74 Å². The van der Waals surface area contributed by atoms with Gasteiger partial charge in [-0.05, 0) is 24.2 Å². The zero-order valence-corrected chi connectivity index (χ0v) is 11.8. The van der Waals surface area contributed by atoms with Crippen molar-refractivity contribution in [3.05, 3.63) is 29.8 Å². The normalized spacial score (nSPS) is 11.3. The van der Waals surface area contributed by atoms with Gasteiger partial charge in [-0.25, -0.2) is 4.79 Å². The summed E-state index contributed by atoms with van der Waals surface area (Å²) in [5.74, 6) is -0.447. The molecule has 0 radical (unpaired) electrons. The Morgan fingerprint density at radius 1 is 1.22 bits per heavy atom. The smallest absolute Gasteiger partial charge is 0.341 e. The predicted octanol–water partition coefficient (Wildman–Crippen LogP) is 1.60. The van der Waals surface area contributed by atoms with E-state index in [-0.39, 0.29) is 6.61 Å². The van der Waals surface area contributed by atoms with Crippen LogP contribution in [0.15, 0.2) is 24.3 Å². The molecule has 0 atom stereocenters. The molecule has 6 heteroatoms. The molecule has 1 aromatic carbocycles. The number of hydrogen-bond donors (Lipinski definition) is 1. The Morgan fingerprint density at radius 2 is 1.78 bits per heavy atom. The molecule has 18 heavy (non-hydrogen) atoms. The third-order valence-electron chi connectivity index (χ3n) is 2.67. The van der Waals surface area contributed by atoms with Gasteiger partial charge in [-0.2, -0.15) is 0 Å². The highest BCUT2D eigenvalue weighted by atomic mass is 28.4. The summed E-state index contributed by atoms with van der Waals surface area (Å²) in [6.07, 6.45) is 0. The predicted molar refractivity (Wildman–Crippen MR) is 68.9 cm³/mol. The van der Waals surface area contributed by atoms with Crippen LogP contribution in [-0.2, 0) is 19.7 Å². The van der Waals surface area contributed by atoms with Gasteiger partial charge >= 0.3 is 14.5 Å². The second-order valence-corrected chi connectivity index (χ2v) is 7.48. The SMILES string of the molecule is CO[Si](C)(Cc1ccc(OCC(=O)O)cc1)OC. The first-order valence-electron chi connectivity index (χ1n) is 5.53. The first kappa shape index (κ1) is 14.7. The van der Waals surface area contributed by atoms with E-state index in [1.807, 2.05) is 18.7 Å². The average Bonchev–Trinajstić information content (AvgIpc) is 2.37. The Hall–Kier alpha value is -1.37. The first-order valence-corrected chi connectivity index (χ1v) is 8.05. The summed E-state index contributed by atoms with van der Waals surface area (Å²) < 4.78 is 15.9. The van der Waals surface area contributed by atoms with Gasteiger partial charge in [0.05, 0.1) is 0 Å². The van der Waals surface area contributed by atoms with Crippen molar-refractivity contribution < 1.29 is 23.5 Å².